The zero-order valence-corrected chi connectivity index (χ0v) is 24.1. The molecule has 0 spiro atoms. The van der Waals surface area contributed by atoms with E-state index >= 15 is 0 Å². The van der Waals surface area contributed by atoms with Crippen molar-refractivity contribution in [2.24, 2.45) is 5.92 Å². The lowest BCUT2D eigenvalue weighted by Gasteiger charge is -2.16. The lowest BCUT2D eigenvalue weighted by atomic mass is 9.97. The van der Waals surface area contributed by atoms with E-state index in [2.05, 4.69) is 0 Å². The van der Waals surface area contributed by atoms with Gasteiger partial charge in [0, 0.05) is 12.0 Å². The number of benzene rings is 4. The number of aromatic hydroxyl groups is 1. The molecule has 7 nitrogen and oxygen atoms in total. The number of phenols is 1. The summed E-state index contributed by atoms with van der Waals surface area (Å²) in [4.78, 5) is 35.9. The SMILES string of the molecule is O=C(OCc1ccccc1)C(CCCc1ccc(C(Cc2ccccc2O)[P+](=O)O)cc1)C(=O)OCc1ccccc1. The molecule has 0 aliphatic rings. The standard InChI is InChI=1S/C34H33O7P/c35-31-17-8-7-15-29(31)22-32(42(38)39)28-20-18-25(19-21-28)14-9-16-30(33(36)40-23-26-10-3-1-4-11-26)34(37)41-24-27-12-5-2-6-13-27/h1-8,10-13,15,17-21,30,32H,9,14,16,22-24H2,(H-,35,38,39)/p+1. The van der Waals surface area contributed by atoms with Crippen molar-refractivity contribution in [3.63, 3.8) is 0 Å². The normalized spacial score (nSPS) is 12.0. The first-order chi connectivity index (χ1) is 20.4. The Morgan fingerprint density at radius 1 is 0.690 bits per heavy atom. The van der Waals surface area contributed by atoms with Gasteiger partial charge in [-0.15, -0.1) is 0 Å². The zero-order valence-electron chi connectivity index (χ0n) is 23.2. The summed E-state index contributed by atoms with van der Waals surface area (Å²) in [5, 5.41) is 10.1. The first-order valence-electron chi connectivity index (χ1n) is 13.8. The highest BCUT2D eigenvalue weighted by Gasteiger charge is 2.32. The van der Waals surface area contributed by atoms with Crippen LogP contribution in [-0.4, -0.2) is 21.9 Å². The number of ether oxygens (including phenoxy) is 2. The van der Waals surface area contributed by atoms with Gasteiger partial charge in [-0.25, -0.2) is 0 Å². The van der Waals surface area contributed by atoms with Gasteiger partial charge in [-0.3, -0.25) is 9.59 Å². The Kier molecular flexibility index (Phi) is 11.4. The van der Waals surface area contributed by atoms with Crippen LogP contribution in [0.2, 0.25) is 0 Å². The van der Waals surface area contributed by atoms with Crippen LogP contribution in [0.25, 0.3) is 0 Å². The van der Waals surface area contributed by atoms with Crippen molar-refractivity contribution >= 4 is 20.0 Å². The van der Waals surface area contributed by atoms with Crippen LogP contribution in [0.3, 0.4) is 0 Å². The van der Waals surface area contributed by atoms with Crippen molar-refractivity contribution in [1.29, 1.82) is 0 Å². The van der Waals surface area contributed by atoms with E-state index in [0.29, 0.717) is 24.0 Å². The molecule has 0 radical (unpaired) electrons. The maximum Gasteiger partial charge on any atom is 0.513 e. The van der Waals surface area contributed by atoms with Crippen molar-refractivity contribution in [3.05, 3.63) is 137 Å². The van der Waals surface area contributed by atoms with Crippen LogP contribution in [0.5, 0.6) is 5.75 Å². The van der Waals surface area contributed by atoms with E-state index in [9.17, 15) is 24.2 Å². The number of esters is 2. The maximum atomic E-state index is 13.0. The number of hydrogen-bond donors (Lipinski definition) is 2. The Morgan fingerprint density at radius 3 is 1.74 bits per heavy atom. The Hall–Kier alpha value is -4.32. The second-order valence-electron chi connectivity index (χ2n) is 10.0. The molecule has 216 valence electrons. The van der Waals surface area contributed by atoms with Crippen molar-refractivity contribution in [3.8, 4) is 5.75 Å². The second kappa shape index (κ2) is 15.6. The van der Waals surface area contributed by atoms with E-state index < -0.39 is 31.5 Å². The fourth-order valence-electron chi connectivity index (χ4n) is 4.62. The molecule has 4 rings (SSSR count). The van der Waals surface area contributed by atoms with Crippen molar-refractivity contribution < 1.29 is 33.6 Å². The summed E-state index contributed by atoms with van der Waals surface area (Å²) in [6.07, 6.45) is 1.60. The van der Waals surface area contributed by atoms with Gasteiger partial charge in [0.2, 0.25) is 5.66 Å². The Morgan fingerprint density at radius 2 is 1.21 bits per heavy atom. The topological polar surface area (TPSA) is 110 Å². The molecule has 0 saturated carbocycles. The molecule has 0 fully saturated rings. The number of hydrogen-bond acceptors (Lipinski definition) is 6. The largest absolute Gasteiger partial charge is 0.513 e. The molecule has 0 aliphatic heterocycles. The van der Waals surface area contributed by atoms with Gasteiger partial charge >= 0.3 is 20.0 Å². The molecule has 0 heterocycles. The average Bonchev–Trinajstić information content (AvgIpc) is 3.01. The molecule has 4 aromatic carbocycles. The lowest BCUT2D eigenvalue weighted by molar-refractivity contribution is -0.164. The highest BCUT2D eigenvalue weighted by Crippen LogP contribution is 2.41. The quantitative estimate of drug-likeness (QED) is 0.0948. The molecule has 2 atom stereocenters. The Bertz CT molecular complexity index is 1400. The molecule has 8 heteroatoms. The molecule has 42 heavy (non-hydrogen) atoms. The molecule has 0 aromatic heterocycles. The summed E-state index contributed by atoms with van der Waals surface area (Å²) in [5.74, 6) is -2.20. The van der Waals surface area contributed by atoms with Crippen molar-refractivity contribution in [2.75, 3.05) is 0 Å². The van der Waals surface area contributed by atoms with Gasteiger partial charge in [-0.05, 0) is 52.1 Å². The predicted molar refractivity (Wildman–Crippen MR) is 160 cm³/mol. The molecule has 0 amide bonds. The number of phenolic OH excluding ortho intramolecular Hbond substituents is 1. The van der Waals surface area contributed by atoms with E-state index in [0.717, 1.165) is 16.7 Å². The lowest BCUT2D eigenvalue weighted by Crippen LogP contribution is -2.28. The average molecular weight is 586 g/mol. The van der Waals surface area contributed by atoms with Crippen molar-refractivity contribution in [1.82, 2.24) is 0 Å². The Balaban J connectivity index is 1.37. The number of carbonyl (C=O) groups excluding carboxylic acids is 2. The minimum Gasteiger partial charge on any atom is -0.508 e. The highest BCUT2D eigenvalue weighted by atomic mass is 31.1. The van der Waals surface area contributed by atoms with Gasteiger partial charge < -0.3 is 14.6 Å². The van der Waals surface area contributed by atoms with Gasteiger partial charge in [-0.1, -0.05) is 103 Å². The molecule has 4 aromatic rings. The fourth-order valence-corrected chi connectivity index (χ4v) is 5.40. The summed E-state index contributed by atoms with van der Waals surface area (Å²) in [6.45, 7) is 0.136. The van der Waals surface area contributed by atoms with Crippen LogP contribution in [0, 0.1) is 5.92 Å². The van der Waals surface area contributed by atoms with E-state index in [1.165, 1.54) is 0 Å². The predicted octanol–water partition coefficient (Wildman–Crippen LogP) is 6.84. The number of para-hydroxylation sites is 1. The van der Waals surface area contributed by atoms with E-state index in [-0.39, 0.29) is 31.8 Å². The van der Waals surface area contributed by atoms with Gasteiger partial charge in [0.15, 0.2) is 5.92 Å². The van der Waals surface area contributed by atoms with Crippen LogP contribution < -0.4 is 0 Å². The molecular formula is C34H34O7P+. The molecule has 0 aliphatic carbocycles. The third kappa shape index (κ3) is 9.10. The molecule has 0 bridgehead atoms. The second-order valence-corrected chi connectivity index (χ2v) is 11.3. The molecular weight excluding hydrogens is 551 g/mol. The van der Waals surface area contributed by atoms with Crippen LogP contribution in [0.1, 0.15) is 46.3 Å². The van der Waals surface area contributed by atoms with Crippen molar-refractivity contribution in [2.45, 2.75) is 44.6 Å². The first kappa shape index (κ1) is 30.6. The highest BCUT2D eigenvalue weighted by molar-refractivity contribution is 7.38. The summed E-state index contributed by atoms with van der Waals surface area (Å²) < 4.78 is 23.1. The smallest absolute Gasteiger partial charge is 0.508 e. The molecule has 0 saturated heterocycles. The van der Waals surface area contributed by atoms with E-state index in [1.54, 1.807) is 24.3 Å². The molecule has 2 N–H and O–H groups in total. The number of rotatable bonds is 14. The minimum absolute atomic E-state index is 0.0681. The first-order valence-corrected chi connectivity index (χ1v) is 15.1. The van der Waals surface area contributed by atoms with E-state index in [1.807, 2.05) is 84.9 Å². The summed E-state index contributed by atoms with van der Waals surface area (Å²) >= 11 is 0. The van der Waals surface area contributed by atoms with Gasteiger partial charge in [0.1, 0.15) is 19.0 Å². The third-order valence-corrected chi connectivity index (χ3v) is 8.03. The summed E-state index contributed by atoms with van der Waals surface area (Å²) in [5.41, 5.74) is 3.25. The molecule has 2 unspecified atom stereocenters. The summed E-state index contributed by atoms with van der Waals surface area (Å²) in [6, 6.07) is 32.7. The summed E-state index contributed by atoms with van der Waals surface area (Å²) in [7, 11) is -2.53. The van der Waals surface area contributed by atoms with Crippen LogP contribution in [-0.2, 0) is 49.7 Å². The van der Waals surface area contributed by atoms with E-state index in [4.69, 9.17) is 9.47 Å². The third-order valence-electron chi connectivity index (χ3n) is 7.01. The zero-order chi connectivity index (χ0) is 29.7. The fraction of sp³-hybridized carbons (Fsp3) is 0.235. The van der Waals surface area contributed by atoms with Gasteiger partial charge in [0.05, 0.1) is 0 Å². The van der Waals surface area contributed by atoms with Gasteiger partial charge in [0.25, 0.3) is 0 Å². The van der Waals surface area contributed by atoms with Crippen LogP contribution in [0.15, 0.2) is 109 Å². The number of carbonyl (C=O) groups is 2. The van der Waals surface area contributed by atoms with Gasteiger partial charge in [-0.2, -0.15) is 4.89 Å². The monoisotopic (exact) mass is 585 g/mol. The van der Waals surface area contributed by atoms with Crippen LogP contribution in [0.4, 0.5) is 0 Å². The minimum atomic E-state index is -2.53. The Labute approximate surface area is 246 Å². The van der Waals surface area contributed by atoms with Crippen LogP contribution >= 0.6 is 8.03 Å². The number of aryl methyl sites for hydroxylation is 1. The maximum absolute atomic E-state index is 13.0.